The number of amides is 1. The molecule has 0 spiro atoms. The van der Waals surface area contributed by atoms with Crippen LogP contribution in [0.15, 0.2) is 47.2 Å². The lowest BCUT2D eigenvalue weighted by Crippen LogP contribution is -2.49. The lowest BCUT2D eigenvalue weighted by molar-refractivity contribution is 0.0577. The van der Waals surface area contributed by atoms with Gasteiger partial charge in [-0.25, -0.2) is 4.98 Å². The lowest BCUT2D eigenvalue weighted by Gasteiger charge is -2.39. The van der Waals surface area contributed by atoms with Crippen LogP contribution in [0.2, 0.25) is 0 Å². The first kappa shape index (κ1) is 19.1. The second-order valence-corrected chi connectivity index (χ2v) is 9.21. The Morgan fingerprint density at radius 3 is 2.70 bits per heavy atom. The van der Waals surface area contributed by atoms with Crippen LogP contribution >= 0.6 is 15.9 Å². The average molecular weight is 464 g/mol. The molecule has 30 heavy (non-hydrogen) atoms. The fourth-order valence-corrected chi connectivity index (χ4v) is 5.25. The van der Waals surface area contributed by atoms with E-state index in [-0.39, 0.29) is 18.0 Å². The van der Waals surface area contributed by atoms with Gasteiger partial charge < -0.3 is 14.6 Å². The van der Waals surface area contributed by atoms with Crippen LogP contribution in [0.25, 0.3) is 5.65 Å². The van der Waals surface area contributed by atoms with Gasteiger partial charge in [-0.2, -0.15) is 5.26 Å². The second-order valence-electron chi connectivity index (χ2n) is 8.29. The fourth-order valence-electron chi connectivity index (χ4n) is 4.89. The maximum absolute atomic E-state index is 13.3. The van der Waals surface area contributed by atoms with Gasteiger partial charge in [0.1, 0.15) is 11.3 Å². The van der Waals surface area contributed by atoms with Crippen LogP contribution in [0.1, 0.15) is 47.3 Å². The van der Waals surface area contributed by atoms with Crippen molar-refractivity contribution in [2.75, 3.05) is 5.32 Å². The summed E-state index contributed by atoms with van der Waals surface area (Å²) in [7, 11) is 0. The number of nitrogens with one attached hydrogen (secondary N) is 1. The molecule has 3 atom stereocenters. The number of piperidine rings is 1. The third-order valence-electron chi connectivity index (χ3n) is 6.33. The minimum absolute atomic E-state index is 0.0304. The number of halogens is 1. The van der Waals surface area contributed by atoms with E-state index in [2.05, 4.69) is 37.2 Å². The number of rotatable bonds is 3. The topological polar surface area (TPSA) is 73.4 Å². The van der Waals surface area contributed by atoms with Crippen molar-refractivity contribution in [2.45, 2.75) is 50.7 Å². The number of hydrogen-bond donors (Lipinski definition) is 1. The summed E-state index contributed by atoms with van der Waals surface area (Å²) in [5, 5.41) is 12.9. The Kier molecular flexibility index (Phi) is 4.75. The first-order valence-electron chi connectivity index (χ1n) is 10.3. The zero-order chi connectivity index (χ0) is 20.8. The van der Waals surface area contributed by atoms with E-state index >= 15 is 0 Å². The molecule has 0 aliphatic carbocycles. The predicted molar refractivity (Wildman–Crippen MR) is 118 cm³/mol. The summed E-state index contributed by atoms with van der Waals surface area (Å²) in [5.41, 5.74) is 3.95. The van der Waals surface area contributed by atoms with Gasteiger partial charge in [0, 0.05) is 40.7 Å². The molecule has 2 fully saturated rings. The van der Waals surface area contributed by atoms with Crippen molar-refractivity contribution in [1.29, 1.82) is 5.26 Å². The highest BCUT2D eigenvalue weighted by atomic mass is 79.9. The molecule has 6 nitrogen and oxygen atoms in total. The highest BCUT2D eigenvalue weighted by Gasteiger charge is 2.44. The van der Waals surface area contributed by atoms with Crippen molar-refractivity contribution in [1.82, 2.24) is 14.3 Å². The number of fused-ring (bicyclic) bond motifs is 3. The maximum Gasteiger partial charge on any atom is 0.274 e. The van der Waals surface area contributed by atoms with Gasteiger partial charge in [-0.15, -0.1) is 0 Å². The van der Waals surface area contributed by atoms with E-state index in [1.165, 1.54) is 0 Å². The SMILES string of the molecule is Cc1ccc(NC2C[C@H]3CC[C@@H](C2)N3C(=O)c2cn3cc(Br)ccc3n2)cc1C#N. The monoisotopic (exact) mass is 463 g/mol. The van der Waals surface area contributed by atoms with E-state index in [1.54, 1.807) is 0 Å². The summed E-state index contributed by atoms with van der Waals surface area (Å²) in [5.74, 6) is 0.0304. The van der Waals surface area contributed by atoms with Gasteiger partial charge in [0.2, 0.25) is 0 Å². The molecule has 1 amide bonds. The normalized spacial score (nSPS) is 22.8. The Morgan fingerprint density at radius 1 is 1.20 bits per heavy atom. The summed E-state index contributed by atoms with van der Waals surface area (Å²) < 4.78 is 2.84. The number of hydrogen-bond acceptors (Lipinski definition) is 4. The number of nitriles is 1. The van der Waals surface area contributed by atoms with Gasteiger partial charge in [-0.05, 0) is 78.4 Å². The van der Waals surface area contributed by atoms with E-state index in [0.29, 0.717) is 17.3 Å². The Bertz CT molecular complexity index is 1170. The molecule has 7 heteroatoms. The van der Waals surface area contributed by atoms with E-state index in [1.807, 2.05) is 54.0 Å². The molecule has 2 saturated heterocycles. The highest BCUT2D eigenvalue weighted by molar-refractivity contribution is 9.10. The molecule has 1 aromatic carbocycles. The molecule has 2 aliphatic heterocycles. The van der Waals surface area contributed by atoms with Crippen molar-refractivity contribution in [3.63, 3.8) is 0 Å². The molecule has 0 radical (unpaired) electrons. The number of anilines is 1. The van der Waals surface area contributed by atoms with Crippen molar-refractivity contribution in [3.8, 4) is 6.07 Å². The third-order valence-corrected chi connectivity index (χ3v) is 6.80. The Labute approximate surface area is 183 Å². The molecule has 5 rings (SSSR count). The summed E-state index contributed by atoms with van der Waals surface area (Å²) in [6.07, 6.45) is 7.63. The van der Waals surface area contributed by atoms with Gasteiger partial charge in [0.25, 0.3) is 5.91 Å². The quantitative estimate of drug-likeness (QED) is 0.619. The lowest BCUT2D eigenvalue weighted by atomic mass is 9.96. The average Bonchev–Trinajstić information content (AvgIpc) is 3.27. The number of benzene rings is 1. The van der Waals surface area contributed by atoms with E-state index in [4.69, 9.17) is 0 Å². The fraction of sp³-hybridized carbons (Fsp3) is 0.348. The molecule has 3 aromatic rings. The van der Waals surface area contributed by atoms with E-state index in [9.17, 15) is 10.1 Å². The van der Waals surface area contributed by atoms with Crippen LogP contribution < -0.4 is 5.32 Å². The van der Waals surface area contributed by atoms with Gasteiger partial charge in [-0.3, -0.25) is 4.79 Å². The molecule has 0 saturated carbocycles. The first-order chi connectivity index (χ1) is 14.5. The molecule has 2 aromatic heterocycles. The minimum atomic E-state index is 0.0304. The zero-order valence-electron chi connectivity index (χ0n) is 16.7. The van der Waals surface area contributed by atoms with Crippen molar-refractivity contribution in [2.24, 2.45) is 0 Å². The van der Waals surface area contributed by atoms with Gasteiger partial charge in [0.15, 0.2) is 0 Å². The van der Waals surface area contributed by atoms with Crippen molar-refractivity contribution in [3.05, 3.63) is 64.0 Å². The summed E-state index contributed by atoms with van der Waals surface area (Å²) in [6, 6.07) is 12.8. The van der Waals surface area contributed by atoms with Gasteiger partial charge in [-0.1, -0.05) is 6.07 Å². The van der Waals surface area contributed by atoms with Gasteiger partial charge in [0.05, 0.1) is 11.6 Å². The number of carbonyl (C=O) groups excluding carboxylic acids is 1. The minimum Gasteiger partial charge on any atom is -0.382 e. The Hall–Kier alpha value is -2.85. The summed E-state index contributed by atoms with van der Waals surface area (Å²) in [4.78, 5) is 19.9. The second kappa shape index (κ2) is 7.44. The van der Waals surface area contributed by atoms with Crippen LogP contribution in [0.4, 0.5) is 5.69 Å². The molecule has 152 valence electrons. The van der Waals surface area contributed by atoms with Crippen LogP contribution in [0.3, 0.4) is 0 Å². The molecule has 1 unspecified atom stereocenters. The molecule has 4 heterocycles. The predicted octanol–water partition coefficient (Wildman–Crippen LogP) is 4.52. The number of nitrogens with zero attached hydrogens (tertiary/aromatic N) is 4. The molecule has 1 N–H and O–H groups in total. The third kappa shape index (κ3) is 3.35. The van der Waals surface area contributed by atoms with Crippen LogP contribution in [0, 0.1) is 18.3 Å². The number of aryl methyl sites for hydroxylation is 1. The molecule has 2 aliphatic rings. The summed E-state index contributed by atoms with van der Waals surface area (Å²) >= 11 is 3.46. The zero-order valence-corrected chi connectivity index (χ0v) is 18.3. The number of carbonyl (C=O) groups is 1. The highest BCUT2D eigenvalue weighted by Crippen LogP contribution is 2.38. The molecule has 2 bridgehead atoms. The van der Waals surface area contributed by atoms with E-state index < -0.39 is 0 Å². The Balaban J connectivity index is 1.32. The number of pyridine rings is 1. The van der Waals surface area contributed by atoms with E-state index in [0.717, 1.165) is 47.1 Å². The van der Waals surface area contributed by atoms with Crippen LogP contribution in [-0.2, 0) is 0 Å². The van der Waals surface area contributed by atoms with Crippen molar-refractivity contribution >= 4 is 33.2 Å². The number of imidazole rings is 1. The summed E-state index contributed by atoms with van der Waals surface area (Å²) in [6.45, 7) is 1.95. The largest absolute Gasteiger partial charge is 0.382 e. The van der Waals surface area contributed by atoms with Crippen molar-refractivity contribution < 1.29 is 4.79 Å². The number of aromatic nitrogens is 2. The first-order valence-corrected chi connectivity index (χ1v) is 11.1. The maximum atomic E-state index is 13.3. The van der Waals surface area contributed by atoms with Crippen LogP contribution in [0.5, 0.6) is 0 Å². The standard InChI is InChI=1S/C23H22BrN5O/c1-14-2-4-17(8-15(14)11-25)26-18-9-19-5-6-20(10-18)29(19)23(30)21-13-28-12-16(24)3-7-22(28)27-21/h2-4,7-8,12-13,18-20,26H,5-6,9-10H2,1H3/t18?,19-,20+. The molecular formula is C23H22BrN5O. The smallest absolute Gasteiger partial charge is 0.274 e. The van der Waals surface area contributed by atoms with Crippen LogP contribution in [-0.4, -0.2) is 38.3 Å². The van der Waals surface area contributed by atoms with Gasteiger partial charge >= 0.3 is 0 Å². The molecular weight excluding hydrogens is 442 g/mol. The Morgan fingerprint density at radius 2 is 1.97 bits per heavy atom.